The van der Waals surface area contributed by atoms with E-state index in [1.165, 1.54) is 22.3 Å². The molecule has 0 bridgehead atoms. The fourth-order valence-corrected chi connectivity index (χ4v) is 1.33. The van der Waals surface area contributed by atoms with Crippen LogP contribution < -0.4 is 0 Å². The van der Waals surface area contributed by atoms with Crippen LogP contribution in [0.2, 0.25) is 0 Å². The fraction of sp³-hybridized carbons (Fsp3) is 0.235. The maximum absolute atomic E-state index is 8.70. The van der Waals surface area contributed by atoms with Crippen LogP contribution in [0.15, 0.2) is 48.5 Å². The molecule has 0 aliphatic carbocycles. The first kappa shape index (κ1) is 17.9. The normalized spacial score (nSPS) is 8.45. The monoisotopic (exact) mass is 274 g/mol. The molecule has 0 radical (unpaired) electrons. The Morgan fingerprint density at radius 1 is 0.750 bits per heavy atom. The molecule has 0 unspecified atom stereocenters. The Bertz CT molecular complexity index is 422. The maximum Gasteiger partial charge on any atom is 0.330 e. The highest BCUT2D eigenvalue weighted by Crippen LogP contribution is 2.03. The Morgan fingerprint density at radius 2 is 0.950 bits per heavy atom. The minimum absolute atomic E-state index is 0.0694. The first-order chi connectivity index (χ1) is 9.52. The summed E-state index contributed by atoms with van der Waals surface area (Å²) in [6.07, 6.45) is 0. The standard InChI is InChI=1S/2C8H10.CH2O3/c2*1-7-5-3-4-6-8(7)2;2-1-4-3/h2*3-6H,1-2H3;1,3H. The summed E-state index contributed by atoms with van der Waals surface area (Å²) in [4.78, 5) is 11.6. The molecule has 3 nitrogen and oxygen atoms in total. The van der Waals surface area contributed by atoms with Gasteiger partial charge < -0.3 is 4.89 Å². The highest BCUT2D eigenvalue weighted by molar-refractivity contribution is 5.35. The third kappa shape index (κ3) is 8.06. The number of carbonyl (C=O) groups is 1. The molecule has 0 saturated heterocycles. The Labute approximate surface area is 120 Å². The molecule has 108 valence electrons. The Kier molecular flexibility index (Phi) is 9.62. The third-order valence-electron chi connectivity index (χ3n) is 2.89. The van der Waals surface area contributed by atoms with Gasteiger partial charge in [0.25, 0.3) is 0 Å². The van der Waals surface area contributed by atoms with Gasteiger partial charge in [0, 0.05) is 0 Å². The summed E-state index contributed by atoms with van der Waals surface area (Å²) in [6.45, 7) is 8.41. The molecule has 0 aliphatic rings. The van der Waals surface area contributed by atoms with E-state index in [4.69, 9.17) is 10.1 Å². The van der Waals surface area contributed by atoms with E-state index in [0.29, 0.717) is 0 Å². The van der Waals surface area contributed by atoms with Crippen molar-refractivity contribution < 1.29 is 14.9 Å². The van der Waals surface area contributed by atoms with Crippen LogP contribution in [0.25, 0.3) is 0 Å². The first-order valence-electron chi connectivity index (χ1n) is 6.31. The smallest absolute Gasteiger partial charge is 0.304 e. The van der Waals surface area contributed by atoms with Crippen molar-refractivity contribution in [2.24, 2.45) is 0 Å². The van der Waals surface area contributed by atoms with Crippen LogP contribution in [0, 0.1) is 27.7 Å². The molecule has 0 heterocycles. The van der Waals surface area contributed by atoms with Crippen LogP contribution in [0.3, 0.4) is 0 Å². The molecule has 0 fully saturated rings. The van der Waals surface area contributed by atoms with Crippen molar-refractivity contribution in [3.8, 4) is 0 Å². The summed E-state index contributed by atoms with van der Waals surface area (Å²) in [7, 11) is 0. The van der Waals surface area contributed by atoms with Crippen LogP contribution in [0.4, 0.5) is 0 Å². The average Bonchev–Trinajstić information content (AvgIpc) is 2.46. The minimum atomic E-state index is -0.0694. The molecule has 0 aliphatic heterocycles. The van der Waals surface area contributed by atoms with Gasteiger partial charge >= 0.3 is 6.47 Å². The van der Waals surface area contributed by atoms with E-state index in [1.54, 1.807) is 0 Å². The van der Waals surface area contributed by atoms with E-state index in [0.717, 1.165) is 0 Å². The zero-order chi connectivity index (χ0) is 15.4. The lowest BCUT2D eigenvalue weighted by molar-refractivity contribution is -0.217. The van der Waals surface area contributed by atoms with E-state index in [9.17, 15) is 0 Å². The molecule has 0 atom stereocenters. The topological polar surface area (TPSA) is 46.5 Å². The first-order valence-corrected chi connectivity index (χ1v) is 6.31. The van der Waals surface area contributed by atoms with E-state index in [1.807, 2.05) is 0 Å². The number of hydrogen-bond donors (Lipinski definition) is 1. The van der Waals surface area contributed by atoms with Crippen LogP contribution in [-0.4, -0.2) is 11.7 Å². The molecular weight excluding hydrogens is 252 g/mol. The summed E-state index contributed by atoms with van der Waals surface area (Å²) in [5, 5.41) is 7.01. The Morgan fingerprint density at radius 3 is 1.05 bits per heavy atom. The van der Waals surface area contributed by atoms with Crippen molar-refractivity contribution in [2.45, 2.75) is 27.7 Å². The van der Waals surface area contributed by atoms with E-state index < -0.39 is 0 Å². The molecule has 0 aromatic heterocycles. The molecule has 0 amide bonds. The second-order valence-corrected chi connectivity index (χ2v) is 4.37. The lowest BCUT2D eigenvalue weighted by atomic mass is 10.1. The molecular formula is C17H22O3. The van der Waals surface area contributed by atoms with Crippen molar-refractivity contribution in [3.05, 3.63) is 70.8 Å². The van der Waals surface area contributed by atoms with Crippen molar-refractivity contribution in [3.63, 3.8) is 0 Å². The predicted octanol–water partition coefficient (Wildman–Crippen LogP) is 4.24. The lowest BCUT2D eigenvalue weighted by Crippen LogP contribution is -1.74. The van der Waals surface area contributed by atoms with E-state index in [-0.39, 0.29) is 6.47 Å². The Balaban J connectivity index is 0.000000289. The SMILES string of the molecule is Cc1ccccc1C.Cc1ccccc1C.O=COO. The van der Waals surface area contributed by atoms with Gasteiger partial charge in [0.15, 0.2) is 0 Å². The quantitative estimate of drug-likeness (QED) is 0.480. The van der Waals surface area contributed by atoms with Crippen molar-refractivity contribution >= 4 is 6.47 Å². The van der Waals surface area contributed by atoms with Gasteiger partial charge in [0.2, 0.25) is 0 Å². The molecule has 2 aromatic carbocycles. The van der Waals surface area contributed by atoms with Gasteiger partial charge in [-0.05, 0) is 49.9 Å². The van der Waals surface area contributed by atoms with Crippen LogP contribution in [0.5, 0.6) is 0 Å². The number of hydrogen-bond acceptors (Lipinski definition) is 3. The van der Waals surface area contributed by atoms with Crippen molar-refractivity contribution in [1.29, 1.82) is 0 Å². The van der Waals surface area contributed by atoms with Gasteiger partial charge in [-0.25, -0.2) is 5.26 Å². The van der Waals surface area contributed by atoms with Gasteiger partial charge in [-0.2, -0.15) is 0 Å². The summed E-state index contributed by atoms with van der Waals surface area (Å²) >= 11 is 0. The maximum atomic E-state index is 8.70. The third-order valence-corrected chi connectivity index (χ3v) is 2.89. The second kappa shape index (κ2) is 10.8. The number of rotatable bonds is 1. The van der Waals surface area contributed by atoms with Crippen LogP contribution in [0.1, 0.15) is 22.3 Å². The zero-order valence-electron chi connectivity index (χ0n) is 12.5. The molecule has 2 rings (SSSR count). The van der Waals surface area contributed by atoms with E-state index in [2.05, 4.69) is 81.1 Å². The van der Waals surface area contributed by atoms with E-state index >= 15 is 0 Å². The number of benzene rings is 2. The molecule has 2 aromatic rings. The summed E-state index contributed by atoms with van der Waals surface area (Å²) in [5.74, 6) is 0. The minimum Gasteiger partial charge on any atom is -0.304 e. The summed E-state index contributed by atoms with van der Waals surface area (Å²) < 4.78 is 0. The highest BCUT2D eigenvalue weighted by Gasteiger charge is 1.84. The van der Waals surface area contributed by atoms with Gasteiger partial charge in [-0.1, -0.05) is 48.5 Å². The molecule has 1 N–H and O–H groups in total. The molecule has 0 spiro atoms. The molecule has 20 heavy (non-hydrogen) atoms. The molecule has 0 saturated carbocycles. The second-order valence-electron chi connectivity index (χ2n) is 4.37. The van der Waals surface area contributed by atoms with Gasteiger partial charge in [-0.15, -0.1) is 0 Å². The number of aryl methyl sites for hydroxylation is 4. The van der Waals surface area contributed by atoms with Crippen molar-refractivity contribution in [2.75, 3.05) is 0 Å². The van der Waals surface area contributed by atoms with Crippen LogP contribution >= 0.6 is 0 Å². The van der Waals surface area contributed by atoms with Gasteiger partial charge in [0.05, 0.1) is 0 Å². The zero-order valence-corrected chi connectivity index (χ0v) is 12.5. The lowest BCUT2D eigenvalue weighted by Gasteiger charge is -1.93. The summed E-state index contributed by atoms with van der Waals surface area (Å²) in [6, 6.07) is 16.7. The van der Waals surface area contributed by atoms with Crippen molar-refractivity contribution in [1.82, 2.24) is 0 Å². The Hall–Kier alpha value is -2.13. The highest BCUT2D eigenvalue weighted by atomic mass is 17.1. The fourth-order valence-electron chi connectivity index (χ4n) is 1.33. The predicted molar refractivity (Wildman–Crippen MR) is 81.6 cm³/mol. The number of carbonyl (C=O) groups excluding carboxylic acids is 1. The van der Waals surface area contributed by atoms with Gasteiger partial charge in [0.1, 0.15) is 0 Å². The van der Waals surface area contributed by atoms with Crippen LogP contribution in [-0.2, 0) is 9.68 Å². The average molecular weight is 274 g/mol. The van der Waals surface area contributed by atoms with Gasteiger partial charge in [-0.3, -0.25) is 4.79 Å². The molecule has 3 heteroatoms. The largest absolute Gasteiger partial charge is 0.330 e. The summed E-state index contributed by atoms with van der Waals surface area (Å²) in [5.41, 5.74) is 5.47.